The number of methoxy groups -OCH3 is 1. The molecule has 2 nitrogen and oxygen atoms in total. The molecule has 1 fully saturated rings. The average molecular weight is 280 g/mol. The highest BCUT2D eigenvalue weighted by Gasteiger charge is 2.38. The van der Waals surface area contributed by atoms with Gasteiger partial charge in [-0.2, -0.15) is 0 Å². The third-order valence-corrected chi connectivity index (χ3v) is 4.53. The van der Waals surface area contributed by atoms with Crippen LogP contribution in [-0.4, -0.2) is 12.9 Å². The SMILES string of the molecule is COc1ccc([C@@]2(c3ccccc3)CCCC(=O)C2)cc1. The van der Waals surface area contributed by atoms with Gasteiger partial charge in [0.2, 0.25) is 0 Å². The van der Waals surface area contributed by atoms with E-state index >= 15 is 0 Å². The number of carbonyl (C=O) groups is 1. The summed E-state index contributed by atoms with van der Waals surface area (Å²) in [5.74, 6) is 1.21. The topological polar surface area (TPSA) is 26.3 Å². The molecule has 0 unspecified atom stereocenters. The van der Waals surface area contributed by atoms with Crippen LogP contribution in [0.1, 0.15) is 36.8 Å². The van der Waals surface area contributed by atoms with Crippen LogP contribution in [-0.2, 0) is 10.2 Å². The Morgan fingerprint density at radius 3 is 2.24 bits per heavy atom. The van der Waals surface area contributed by atoms with Crippen molar-refractivity contribution in [1.82, 2.24) is 0 Å². The third kappa shape index (κ3) is 2.58. The summed E-state index contributed by atoms with van der Waals surface area (Å²) in [6, 6.07) is 18.6. The minimum absolute atomic E-state index is 0.178. The lowest BCUT2D eigenvalue weighted by molar-refractivity contribution is -0.121. The molecule has 0 amide bonds. The fourth-order valence-electron chi connectivity index (χ4n) is 3.43. The molecule has 0 N–H and O–H groups in total. The fourth-order valence-corrected chi connectivity index (χ4v) is 3.43. The molecule has 1 aliphatic carbocycles. The Balaban J connectivity index is 2.09. The molecule has 1 atom stereocenters. The van der Waals surface area contributed by atoms with Crippen molar-refractivity contribution in [2.24, 2.45) is 0 Å². The molecule has 21 heavy (non-hydrogen) atoms. The van der Waals surface area contributed by atoms with Crippen molar-refractivity contribution >= 4 is 5.78 Å². The average Bonchev–Trinajstić information content (AvgIpc) is 2.55. The maximum atomic E-state index is 12.1. The van der Waals surface area contributed by atoms with E-state index in [-0.39, 0.29) is 5.41 Å². The first-order valence-corrected chi connectivity index (χ1v) is 7.46. The molecule has 108 valence electrons. The van der Waals surface area contributed by atoms with Gasteiger partial charge in [0.15, 0.2) is 0 Å². The van der Waals surface area contributed by atoms with E-state index in [1.165, 1.54) is 11.1 Å². The second kappa shape index (κ2) is 5.72. The fraction of sp³-hybridized carbons (Fsp3) is 0.316. The predicted molar refractivity (Wildman–Crippen MR) is 83.7 cm³/mol. The standard InChI is InChI=1S/C19H20O2/c1-21-18-11-9-16(10-12-18)19(13-5-8-17(20)14-19)15-6-3-2-4-7-15/h2-4,6-7,9-12H,5,8,13-14H2,1H3/t19-/m0/s1. The summed E-state index contributed by atoms with van der Waals surface area (Å²) >= 11 is 0. The number of ketones is 1. The number of hydrogen-bond donors (Lipinski definition) is 0. The minimum Gasteiger partial charge on any atom is -0.497 e. The van der Waals surface area contributed by atoms with Crippen molar-refractivity contribution in [3.05, 3.63) is 65.7 Å². The van der Waals surface area contributed by atoms with Crippen LogP contribution in [0.2, 0.25) is 0 Å². The quantitative estimate of drug-likeness (QED) is 0.845. The van der Waals surface area contributed by atoms with Crippen molar-refractivity contribution in [2.75, 3.05) is 7.11 Å². The van der Waals surface area contributed by atoms with Gasteiger partial charge in [0.1, 0.15) is 11.5 Å². The van der Waals surface area contributed by atoms with Crippen molar-refractivity contribution in [3.8, 4) is 5.75 Å². The zero-order valence-corrected chi connectivity index (χ0v) is 12.3. The van der Waals surface area contributed by atoms with Gasteiger partial charge in [-0.1, -0.05) is 42.5 Å². The summed E-state index contributed by atoms with van der Waals surface area (Å²) in [4.78, 5) is 12.1. The zero-order valence-electron chi connectivity index (χ0n) is 12.3. The van der Waals surface area contributed by atoms with Crippen molar-refractivity contribution in [1.29, 1.82) is 0 Å². The van der Waals surface area contributed by atoms with Crippen LogP contribution in [0, 0.1) is 0 Å². The lowest BCUT2D eigenvalue weighted by Gasteiger charge is -2.38. The Hall–Kier alpha value is -2.09. The molecule has 0 spiro atoms. The lowest BCUT2D eigenvalue weighted by Crippen LogP contribution is -2.34. The molecule has 2 aromatic carbocycles. The minimum atomic E-state index is -0.178. The molecular formula is C19H20O2. The summed E-state index contributed by atoms with van der Waals surface area (Å²) in [5, 5.41) is 0. The summed E-state index contributed by atoms with van der Waals surface area (Å²) in [6.07, 6.45) is 3.29. The van der Waals surface area contributed by atoms with Crippen molar-refractivity contribution < 1.29 is 9.53 Å². The summed E-state index contributed by atoms with van der Waals surface area (Å²) < 4.78 is 5.25. The summed E-state index contributed by atoms with van der Waals surface area (Å²) in [6.45, 7) is 0. The van der Waals surface area contributed by atoms with Gasteiger partial charge in [0, 0.05) is 18.3 Å². The smallest absolute Gasteiger partial charge is 0.134 e. The second-order valence-corrected chi connectivity index (χ2v) is 5.75. The number of hydrogen-bond acceptors (Lipinski definition) is 2. The molecule has 0 heterocycles. The maximum absolute atomic E-state index is 12.1. The molecule has 1 saturated carbocycles. The van der Waals surface area contributed by atoms with Gasteiger partial charge in [-0.05, 0) is 36.1 Å². The molecule has 0 aromatic heterocycles. The molecule has 2 aromatic rings. The normalized spacial score (nSPS) is 22.0. The number of ether oxygens (including phenoxy) is 1. The van der Waals surface area contributed by atoms with Crippen LogP contribution in [0.4, 0.5) is 0 Å². The number of rotatable bonds is 3. The number of Topliss-reactive ketones (excluding diaryl/α,β-unsaturated/α-hetero) is 1. The van der Waals surface area contributed by atoms with E-state index in [0.29, 0.717) is 18.6 Å². The van der Waals surface area contributed by atoms with Crippen LogP contribution >= 0.6 is 0 Å². The maximum Gasteiger partial charge on any atom is 0.134 e. The molecule has 3 rings (SSSR count). The van der Waals surface area contributed by atoms with E-state index in [1.807, 2.05) is 18.2 Å². The number of benzene rings is 2. The van der Waals surface area contributed by atoms with Gasteiger partial charge in [-0.25, -0.2) is 0 Å². The molecule has 0 aliphatic heterocycles. The summed E-state index contributed by atoms with van der Waals surface area (Å²) in [5.41, 5.74) is 2.27. The van der Waals surface area contributed by atoms with Crippen LogP contribution in [0.3, 0.4) is 0 Å². The van der Waals surface area contributed by atoms with Crippen molar-refractivity contribution in [3.63, 3.8) is 0 Å². The van der Waals surface area contributed by atoms with E-state index in [4.69, 9.17) is 4.74 Å². The highest BCUT2D eigenvalue weighted by molar-refractivity contribution is 5.82. The first kappa shape index (κ1) is 13.9. The van der Waals surface area contributed by atoms with Crippen LogP contribution in [0.15, 0.2) is 54.6 Å². The zero-order chi connectivity index (χ0) is 14.7. The van der Waals surface area contributed by atoms with E-state index in [1.54, 1.807) is 7.11 Å². The Morgan fingerprint density at radius 1 is 0.952 bits per heavy atom. The van der Waals surface area contributed by atoms with Gasteiger partial charge < -0.3 is 4.74 Å². The molecule has 0 saturated heterocycles. The number of carbonyl (C=O) groups excluding carboxylic acids is 1. The second-order valence-electron chi connectivity index (χ2n) is 5.75. The van der Waals surface area contributed by atoms with Gasteiger partial charge in [-0.3, -0.25) is 4.79 Å². The van der Waals surface area contributed by atoms with E-state index in [2.05, 4.69) is 36.4 Å². The molecule has 2 heteroatoms. The first-order valence-electron chi connectivity index (χ1n) is 7.46. The predicted octanol–water partition coefficient (Wildman–Crippen LogP) is 4.12. The Morgan fingerprint density at radius 2 is 1.62 bits per heavy atom. The van der Waals surface area contributed by atoms with E-state index in [0.717, 1.165) is 18.6 Å². The van der Waals surface area contributed by atoms with Gasteiger partial charge in [0.05, 0.1) is 7.11 Å². The van der Waals surface area contributed by atoms with Crippen LogP contribution in [0.5, 0.6) is 5.75 Å². The highest BCUT2D eigenvalue weighted by atomic mass is 16.5. The van der Waals surface area contributed by atoms with Gasteiger partial charge in [0.25, 0.3) is 0 Å². The molecule has 0 bridgehead atoms. The largest absolute Gasteiger partial charge is 0.497 e. The first-order chi connectivity index (χ1) is 10.2. The summed E-state index contributed by atoms with van der Waals surface area (Å²) in [7, 11) is 1.67. The van der Waals surface area contributed by atoms with Crippen LogP contribution < -0.4 is 4.74 Å². The molecule has 1 aliphatic rings. The van der Waals surface area contributed by atoms with Crippen LogP contribution in [0.25, 0.3) is 0 Å². The highest BCUT2D eigenvalue weighted by Crippen LogP contribution is 2.43. The molecular weight excluding hydrogens is 260 g/mol. The Labute approximate surface area is 125 Å². The third-order valence-electron chi connectivity index (χ3n) is 4.53. The Bertz CT molecular complexity index is 616. The monoisotopic (exact) mass is 280 g/mol. The van der Waals surface area contributed by atoms with E-state index in [9.17, 15) is 4.79 Å². The van der Waals surface area contributed by atoms with Gasteiger partial charge >= 0.3 is 0 Å². The Kier molecular flexibility index (Phi) is 3.78. The van der Waals surface area contributed by atoms with Gasteiger partial charge in [-0.15, -0.1) is 0 Å². The lowest BCUT2D eigenvalue weighted by atomic mass is 9.65. The van der Waals surface area contributed by atoms with Crippen molar-refractivity contribution in [2.45, 2.75) is 31.1 Å². The van der Waals surface area contributed by atoms with E-state index < -0.39 is 0 Å². The molecule has 0 radical (unpaired) electrons.